The third-order valence-electron chi connectivity index (χ3n) is 6.09. The van der Waals surface area contributed by atoms with Crippen LogP contribution in [0.3, 0.4) is 0 Å². The van der Waals surface area contributed by atoms with Crippen LogP contribution in [0.25, 0.3) is 0 Å². The van der Waals surface area contributed by atoms with Gasteiger partial charge in [-0.05, 0) is 56.0 Å². The summed E-state index contributed by atoms with van der Waals surface area (Å²) in [6.45, 7) is 3.93. The Balaban J connectivity index is 1.63. The van der Waals surface area contributed by atoms with E-state index in [1.807, 2.05) is 43.3 Å². The van der Waals surface area contributed by atoms with Crippen molar-refractivity contribution in [2.75, 3.05) is 11.9 Å². The molecule has 2 aliphatic heterocycles. The van der Waals surface area contributed by atoms with Crippen molar-refractivity contribution in [1.82, 2.24) is 4.31 Å². The summed E-state index contributed by atoms with van der Waals surface area (Å²) in [4.78, 5) is 13.9. The summed E-state index contributed by atoms with van der Waals surface area (Å²) in [5.74, 6) is -1.56. The van der Waals surface area contributed by atoms with Crippen LogP contribution in [0.15, 0.2) is 52.3 Å². The Bertz CT molecular complexity index is 1070. The number of hydrogen-bond donors (Lipinski definition) is 2. The fraction of sp³-hybridized carbons (Fsp3) is 0.409. The molecule has 1 fully saturated rings. The van der Waals surface area contributed by atoms with Crippen LogP contribution in [0, 0.1) is 5.92 Å². The van der Waals surface area contributed by atoms with Gasteiger partial charge in [-0.25, -0.2) is 8.42 Å². The highest BCUT2D eigenvalue weighted by Gasteiger charge is 2.42. The summed E-state index contributed by atoms with van der Waals surface area (Å²) in [5, 5.41) is 12.2. The average Bonchev–Trinajstić information content (AvgIpc) is 2.75. The summed E-state index contributed by atoms with van der Waals surface area (Å²) in [5.41, 5.74) is 2.61. The first kappa shape index (κ1) is 21.2. The van der Waals surface area contributed by atoms with E-state index in [-0.39, 0.29) is 0 Å². The van der Waals surface area contributed by atoms with Gasteiger partial charge < -0.3 is 10.4 Å². The number of nitrogens with zero attached hydrogens (tertiary/aromatic N) is 1. The molecular weight excluding hydrogens is 420 g/mol. The predicted molar refractivity (Wildman–Crippen MR) is 119 cm³/mol. The lowest BCUT2D eigenvalue weighted by atomic mass is 9.89. The van der Waals surface area contributed by atoms with Crippen LogP contribution in [0.1, 0.15) is 43.9 Å². The van der Waals surface area contributed by atoms with Crippen molar-refractivity contribution in [2.24, 2.45) is 5.92 Å². The van der Waals surface area contributed by atoms with Gasteiger partial charge in [-0.15, -0.1) is 0 Å². The molecule has 0 spiro atoms. The first-order chi connectivity index (χ1) is 14.3. The number of benzene rings is 2. The van der Waals surface area contributed by atoms with Crippen LogP contribution in [0.5, 0.6) is 0 Å². The number of aliphatic carboxylic acids is 1. The predicted octanol–water partition coefficient (Wildman–Crippen LogP) is 4.86. The number of carboxylic acid groups (broad SMARTS) is 1. The van der Waals surface area contributed by atoms with Gasteiger partial charge in [0.05, 0.1) is 22.5 Å². The maximum absolute atomic E-state index is 13.5. The highest BCUT2D eigenvalue weighted by molar-refractivity contribution is 7.99. The molecule has 2 aliphatic rings. The summed E-state index contributed by atoms with van der Waals surface area (Å²) in [6.07, 6.45) is 1.58. The van der Waals surface area contributed by atoms with Crippen molar-refractivity contribution in [3.8, 4) is 0 Å². The van der Waals surface area contributed by atoms with E-state index < -0.39 is 33.2 Å². The topological polar surface area (TPSA) is 86.7 Å². The van der Waals surface area contributed by atoms with Crippen LogP contribution in [0.4, 0.5) is 11.4 Å². The van der Waals surface area contributed by atoms with Gasteiger partial charge in [0.15, 0.2) is 0 Å². The van der Waals surface area contributed by atoms with Gasteiger partial charge in [0.25, 0.3) is 0 Å². The molecule has 3 atom stereocenters. The van der Waals surface area contributed by atoms with E-state index in [0.717, 1.165) is 21.2 Å². The van der Waals surface area contributed by atoms with E-state index in [2.05, 4.69) is 11.4 Å². The lowest BCUT2D eigenvalue weighted by Crippen LogP contribution is -2.51. The molecule has 160 valence electrons. The van der Waals surface area contributed by atoms with E-state index in [1.54, 1.807) is 18.7 Å². The van der Waals surface area contributed by atoms with E-state index in [9.17, 15) is 18.3 Å². The molecule has 0 saturated carbocycles. The zero-order chi connectivity index (χ0) is 21.5. The molecule has 2 aromatic rings. The van der Waals surface area contributed by atoms with Gasteiger partial charge in [0, 0.05) is 22.4 Å². The second-order valence-electron chi connectivity index (χ2n) is 7.84. The van der Waals surface area contributed by atoms with Crippen LogP contribution >= 0.6 is 11.8 Å². The molecule has 0 radical (unpaired) electrons. The second kappa shape index (κ2) is 8.24. The fourth-order valence-corrected chi connectivity index (χ4v) is 7.33. The minimum Gasteiger partial charge on any atom is -0.481 e. The first-order valence-corrected chi connectivity index (χ1v) is 12.6. The minimum absolute atomic E-state index is 0.376. The SMILES string of the molecule is CCC1[C@H](C(=O)O)CCCN1S(=O)(=O)C(C)c1ccc2c(c1)Nc1ccccc1S2. The molecule has 0 aromatic heterocycles. The van der Waals surface area contributed by atoms with Crippen LogP contribution < -0.4 is 5.32 Å². The number of para-hydroxylation sites is 1. The van der Waals surface area contributed by atoms with Gasteiger partial charge in [-0.1, -0.05) is 36.9 Å². The van der Waals surface area contributed by atoms with Crippen LogP contribution in [-0.4, -0.2) is 36.4 Å². The monoisotopic (exact) mass is 446 g/mol. The van der Waals surface area contributed by atoms with Gasteiger partial charge in [0.1, 0.15) is 0 Å². The molecular formula is C22H26N2O4S2. The molecule has 4 rings (SSSR count). The standard InChI is InChI=1S/C22H26N2O4S2/c1-3-19-16(22(25)26)7-6-12-24(19)30(27,28)14(2)15-10-11-21-18(13-15)23-17-8-4-5-9-20(17)29-21/h4-5,8-11,13-14,16,19,23H,3,6-7,12H2,1-2H3,(H,25,26)/t14?,16-,19?/m1/s1. The van der Waals surface area contributed by atoms with E-state index in [1.165, 1.54) is 4.31 Å². The smallest absolute Gasteiger partial charge is 0.308 e. The Labute approximate surface area is 181 Å². The van der Waals surface area contributed by atoms with Crippen molar-refractivity contribution in [3.63, 3.8) is 0 Å². The quantitative estimate of drug-likeness (QED) is 0.582. The van der Waals surface area contributed by atoms with Crippen molar-refractivity contribution < 1.29 is 18.3 Å². The van der Waals surface area contributed by atoms with Crippen molar-refractivity contribution >= 4 is 39.1 Å². The van der Waals surface area contributed by atoms with Crippen LogP contribution in [0.2, 0.25) is 0 Å². The Morgan fingerprint density at radius 3 is 2.70 bits per heavy atom. The Kier molecular flexibility index (Phi) is 5.83. The van der Waals surface area contributed by atoms with E-state index in [0.29, 0.717) is 31.4 Å². The molecule has 0 bridgehead atoms. The highest BCUT2D eigenvalue weighted by Crippen LogP contribution is 2.45. The molecule has 0 aliphatic carbocycles. The normalized spacial score (nSPS) is 22.5. The van der Waals surface area contributed by atoms with Gasteiger partial charge >= 0.3 is 5.97 Å². The lowest BCUT2D eigenvalue weighted by molar-refractivity contribution is -0.144. The van der Waals surface area contributed by atoms with Crippen molar-refractivity contribution in [1.29, 1.82) is 0 Å². The first-order valence-electron chi connectivity index (χ1n) is 10.2. The molecule has 2 aromatic carbocycles. The van der Waals surface area contributed by atoms with Crippen molar-refractivity contribution in [2.45, 2.75) is 54.2 Å². The van der Waals surface area contributed by atoms with Gasteiger partial charge in [0.2, 0.25) is 10.0 Å². The number of sulfonamides is 1. The van der Waals surface area contributed by atoms with Gasteiger partial charge in [-0.3, -0.25) is 4.79 Å². The number of rotatable bonds is 5. The maximum Gasteiger partial charge on any atom is 0.308 e. The molecule has 6 nitrogen and oxygen atoms in total. The number of carbonyl (C=O) groups is 1. The number of hydrogen-bond acceptors (Lipinski definition) is 5. The Hall–Kier alpha value is -2.03. The fourth-order valence-electron chi connectivity index (χ4n) is 4.40. The minimum atomic E-state index is -3.69. The summed E-state index contributed by atoms with van der Waals surface area (Å²) in [7, 11) is -3.69. The van der Waals surface area contributed by atoms with E-state index in [4.69, 9.17) is 0 Å². The number of carboxylic acids is 1. The Morgan fingerprint density at radius 1 is 1.23 bits per heavy atom. The second-order valence-corrected chi connectivity index (χ2v) is 11.1. The molecule has 8 heteroatoms. The lowest BCUT2D eigenvalue weighted by Gasteiger charge is -2.39. The largest absolute Gasteiger partial charge is 0.481 e. The molecule has 0 amide bonds. The van der Waals surface area contributed by atoms with E-state index >= 15 is 0 Å². The molecule has 1 saturated heterocycles. The summed E-state index contributed by atoms with van der Waals surface area (Å²) in [6, 6.07) is 13.2. The molecule has 2 unspecified atom stereocenters. The highest BCUT2D eigenvalue weighted by atomic mass is 32.2. The van der Waals surface area contributed by atoms with Crippen LogP contribution in [-0.2, 0) is 14.8 Å². The molecule has 2 heterocycles. The maximum atomic E-state index is 13.5. The Morgan fingerprint density at radius 2 is 1.97 bits per heavy atom. The average molecular weight is 447 g/mol. The van der Waals surface area contributed by atoms with Gasteiger partial charge in [-0.2, -0.15) is 4.31 Å². The molecule has 30 heavy (non-hydrogen) atoms. The third-order valence-corrected chi connectivity index (χ3v) is 9.51. The summed E-state index contributed by atoms with van der Waals surface area (Å²) >= 11 is 1.66. The zero-order valence-electron chi connectivity index (χ0n) is 17.0. The number of piperidine rings is 1. The third kappa shape index (κ3) is 3.72. The number of anilines is 2. The number of fused-ring (bicyclic) bond motifs is 2. The summed E-state index contributed by atoms with van der Waals surface area (Å²) < 4.78 is 28.4. The van der Waals surface area contributed by atoms with Crippen molar-refractivity contribution in [3.05, 3.63) is 48.0 Å². The molecule has 2 N–H and O–H groups in total. The number of nitrogens with one attached hydrogen (secondary N) is 1. The zero-order valence-corrected chi connectivity index (χ0v) is 18.7.